The van der Waals surface area contributed by atoms with Gasteiger partial charge in [-0.05, 0) is 54.9 Å². The number of ether oxygens (including phenoxy) is 1. The zero-order valence-corrected chi connectivity index (χ0v) is 17.0. The van der Waals surface area contributed by atoms with Gasteiger partial charge in [0.2, 0.25) is 0 Å². The van der Waals surface area contributed by atoms with E-state index in [1.165, 1.54) is 27.7 Å². The van der Waals surface area contributed by atoms with Crippen molar-refractivity contribution in [3.63, 3.8) is 0 Å². The average Bonchev–Trinajstić information content (AvgIpc) is 2.37. The van der Waals surface area contributed by atoms with Crippen LogP contribution in [0.15, 0.2) is 0 Å². The quantitative estimate of drug-likeness (QED) is 0.504. The molecule has 0 fully saturated rings. The standard InChI is InChI=1S/C16H29F3N2O4S/c1-10(20-13(23)25-14(2,3)4)11(9-22)8-12(16(17,18)19)21-26(24)15(5,6)7/h9-12,21H,8H2,1-7H3,(H,20,23)/t10-,11+,12?,26?/m1/s1. The zero-order valence-electron chi connectivity index (χ0n) is 16.2. The van der Waals surface area contributed by atoms with Gasteiger partial charge in [-0.25, -0.2) is 4.79 Å². The number of amides is 1. The molecule has 0 aliphatic rings. The van der Waals surface area contributed by atoms with Crippen LogP contribution in [-0.2, 0) is 20.9 Å². The normalized spacial score (nSPS) is 17.8. The van der Waals surface area contributed by atoms with E-state index in [0.717, 1.165) is 0 Å². The molecule has 0 aliphatic carbocycles. The molecule has 0 aromatic rings. The molecule has 0 saturated carbocycles. The number of aldehydes is 1. The summed E-state index contributed by atoms with van der Waals surface area (Å²) in [7, 11) is 0. The molecule has 10 heteroatoms. The highest BCUT2D eigenvalue weighted by molar-refractivity contribution is 7.90. The fourth-order valence-electron chi connectivity index (χ4n) is 1.80. The van der Waals surface area contributed by atoms with E-state index in [0.29, 0.717) is 6.29 Å². The Balaban J connectivity index is 5.09. The van der Waals surface area contributed by atoms with Crippen molar-refractivity contribution in [3.8, 4) is 0 Å². The summed E-state index contributed by atoms with van der Waals surface area (Å²) in [5, 5.41) is 2.36. The minimum Gasteiger partial charge on any atom is -0.598 e. The van der Waals surface area contributed by atoms with Crippen LogP contribution < -0.4 is 10.0 Å². The van der Waals surface area contributed by atoms with Crippen LogP contribution in [0.2, 0.25) is 0 Å². The van der Waals surface area contributed by atoms with Gasteiger partial charge in [0, 0.05) is 23.3 Å². The number of rotatable bonds is 7. The summed E-state index contributed by atoms with van der Waals surface area (Å²) in [6, 6.07) is -3.04. The molecule has 4 atom stereocenters. The first-order chi connectivity index (χ1) is 11.5. The van der Waals surface area contributed by atoms with Gasteiger partial charge >= 0.3 is 12.3 Å². The van der Waals surface area contributed by atoms with Crippen LogP contribution >= 0.6 is 0 Å². The van der Waals surface area contributed by atoms with Crippen molar-refractivity contribution in [2.24, 2.45) is 5.92 Å². The molecule has 0 spiro atoms. The van der Waals surface area contributed by atoms with Crippen molar-refractivity contribution in [2.45, 2.75) is 83.5 Å². The molecular weight excluding hydrogens is 373 g/mol. The van der Waals surface area contributed by atoms with Crippen LogP contribution in [0.4, 0.5) is 18.0 Å². The topological polar surface area (TPSA) is 90.5 Å². The summed E-state index contributed by atoms with van der Waals surface area (Å²) in [6.07, 6.45) is -5.84. The molecule has 154 valence electrons. The Morgan fingerprint density at radius 2 is 1.69 bits per heavy atom. The SMILES string of the molecule is C[C@@H](NC(=O)OC(C)(C)C)[C@H](C=O)CC(N[S+]([O-])C(C)(C)C)C(F)(F)F. The molecule has 6 nitrogen and oxygen atoms in total. The molecule has 2 unspecified atom stereocenters. The lowest BCUT2D eigenvalue weighted by Gasteiger charge is -2.31. The summed E-state index contributed by atoms with van der Waals surface area (Å²) < 4.78 is 58.1. The Hall–Kier alpha value is -1.00. The van der Waals surface area contributed by atoms with Crippen molar-refractivity contribution in [1.82, 2.24) is 10.0 Å². The maximum absolute atomic E-state index is 13.3. The van der Waals surface area contributed by atoms with Gasteiger partial charge in [0.05, 0.1) is 0 Å². The maximum Gasteiger partial charge on any atom is 0.408 e. The van der Waals surface area contributed by atoms with E-state index in [1.54, 1.807) is 20.8 Å². The first kappa shape index (κ1) is 25.0. The zero-order chi connectivity index (χ0) is 20.9. The van der Waals surface area contributed by atoms with Crippen LogP contribution in [0.3, 0.4) is 0 Å². The van der Waals surface area contributed by atoms with Gasteiger partial charge in [0.15, 0.2) is 0 Å². The van der Waals surface area contributed by atoms with Crippen molar-refractivity contribution in [2.75, 3.05) is 0 Å². The molecule has 2 N–H and O–H groups in total. The minimum absolute atomic E-state index is 0.350. The third kappa shape index (κ3) is 9.63. The molecule has 0 heterocycles. The lowest BCUT2D eigenvalue weighted by Crippen LogP contribution is -2.53. The summed E-state index contributed by atoms with van der Waals surface area (Å²) >= 11 is -1.97. The molecule has 0 bridgehead atoms. The number of halogens is 3. The van der Waals surface area contributed by atoms with E-state index in [4.69, 9.17) is 4.74 Å². The molecule has 0 rings (SSSR count). The summed E-state index contributed by atoms with van der Waals surface area (Å²) in [5.41, 5.74) is -0.778. The van der Waals surface area contributed by atoms with Gasteiger partial charge in [-0.3, -0.25) is 0 Å². The molecule has 0 aliphatic heterocycles. The van der Waals surface area contributed by atoms with Gasteiger partial charge in [0.25, 0.3) is 0 Å². The Morgan fingerprint density at radius 3 is 2.04 bits per heavy atom. The van der Waals surface area contributed by atoms with Crippen molar-refractivity contribution in [1.29, 1.82) is 0 Å². The monoisotopic (exact) mass is 402 g/mol. The summed E-state index contributed by atoms with van der Waals surface area (Å²) in [6.45, 7) is 10.9. The van der Waals surface area contributed by atoms with Crippen molar-refractivity contribution in [3.05, 3.63) is 0 Å². The Morgan fingerprint density at radius 1 is 1.19 bits per heavy atom. The highest BCUT2D eigenvalue weighted by Crippen LogP contribution is 2.28. The maximum atomic E-state index is 13.3. The molecule has 0 saturated heterocycles. The molecular formula is C16H29F3N2O4S. The van der Waals surface area contributed by atoms with E-state index < -0.39 is 58.4 Å². The van der Waals surface area contributed by atoms with Crippen LogP contribution in [0.5, 0.6) is 0 Å². The molecule has 0 aromatic heterocycles. The van der Waals surface area contributed by atoms with E-state index >= 15 is 0 Å². The van der Waals surface area contributed by atoms with E-state index in [1.807, 2.05) is 0 Å². The van der Waals surface area contributed by atoms with E-state index in [2.05, 4.69) is 10.0 Å². The fourth-order valence-corrected chi connectivity index (χ4v) is 2.65. The van der Waals surface area contributed by atoms with Crippen molar-refractivity contribution >= 4 is 23.7 Å². The van der Waals surface area contributed by atoms with Crippen molar-refractivity contribution < 1.29 is 32.0 Å². The van der Waals surface area contributed by atoms with Gasteiger partial charge in [0.1, 0.15) is 22.7 Å². The third-order valence-electron chi connectivity index (χ3n) is 3.27. The fraction of sp³-hybridized carbons (Fsp3) is 0.875. The van der Waals surface area contributed by atoms with E-state index in [9.17, 15) is 27.3 Å². The predicted octanol–water partition coefficient (Wildman–Crippen LogP) is 3.09. The lowest BCUT2D eigenvalue weighted by molar-refractivity contribution is -0.155. The number of alkyl halides is 3. The molecule has 0 radical (unpaired) electrons. The average molecular weight is 402 g/mol. The first-order valence-electron chi connectivity index (χ1n) is 8.17. The second-order valence-electron chi connectivity index (χ2n) is 8.06. The van der Waals surface area contributed by atoms with Gasteiger partial charge < -0.3 is 19.4 Å². The number of nitrogens with one attached hydrogen (secondary N) is 2. The molecule has 26 heavy (non-hydrogen) atoms. The van der Waals surface area contributed by atoms with Gasteiger partial charge in [-0.2, -0.15) is 13.2 Å². The summed E-state index contributed by atoms with van der Waals surface area (Å²) in [4.78, 5) is 23.0. The van der Waals surface area contributed by atoms with E-state index in [-0.39, 0.29) is 0 Å². The predicted molar refractivity (Wildman–Crippen MR) is 93.9 cm³/mol. The number of hydrogen-bond acceptors (Lipinski definition) is 5. The Labute approximate surface area is 155 Å². The minimum atomic E-state index is -4.70. The molecule has 1 amide bonds. The third-order valence-corrected chi connectivity index (χ3v) is 4.88. The highest BCUT2D eigenvalue weighted by atomic mass is 32.2. The second-order valence-corrected chi connectivity index (χ2v) is 10.1. The number of carbonyl (C=O) groups is 2. The van der Waals surface area contributed by atoms with Gasteiger partial charge in [-0.1, -0.05) is 0 Å². The van der Waals surface area contributed by atoms with Gasteiger partial charge in [-0.15, -0.1) is 4.72 Å². The van der Waals surface area contributed by atoms with Crippen LogP contribution in [0.1, 0.15) is 54.9 Å². The summed E-state index contributed by atoms with van der Waals surface area (Å²) in [5.74, 6) is -1.14. The second kappa shape index (κ2) is 9.27. The Kier molecular flexibility index (Phi) is 8.92. The number of alkyl carbamates (subject to hydrolysis) is 1. The van der Waals surface area contributed by atoms with Crippen LogP contribution in [-0.4, -0.2) is 45.5 Å². The molecule has 0 aromatic carbocycles. The smallest absolute Gasteiger partial charge is 0.408 e. The number of carbonyl (C=O) groups excluding carboxylic acids is 2. The number of hydrogen-bond donors (Lipinski definition) is 2. The Bertz CT molecular complexity index is 476. The highest BCUT2D eigenvalue weighted by Gasteiger charge is 2.46. The van der Waals surface area contributed by atoms with Crippen LogP contribution in [0, 0.1) is 5.92 Å². The van der Waals surface area contributed by atoms with Crippen LogP contribution in [0.25, 0.3) is 0 Å². The lowest BCUT2D eigenvalue weighted by atomic mass is 9.94. The first-order valence-corrected chi connectivity index (χ1v) is 9.32. The largest absolute Gasteiger partial charge is 0.598 e.